The first-order valence-electron chi connectivity index (χ1n) is 15.2. The Morgan fingerprint density at radius 2 is 1.62 bits per heavy atom. The molecule has 2 aromatic carbocycles. The molecule has 10 heteroatoms. The van der Waals surface area contributed by atoms with Crippen LogP contribution in [0.15, 0.2) is 64.6 Å². The van der Waals surface area contributed by atoms with Crippen LogP contribution in [0.4, 0.5) is 10.5 Å². The molecule has 1 N–H and O–H groups in total. The number of nitrogens with one attached hydrogen (secondary N) is 1. The molecule has 4 amide bonds. The van der Waals surface area contributed by atoms with Gasteiger partial charge in [-0.15, -0.1) is 0 Å². The van der Waals surface area contributed by atoms with Gasteiger partial charge in [0.05, 0.1) is 19.9 Å². The van der Waals surface area contributed by atoms with Gasteiger partial charge in [0.25, 0.3) is 11.8 Å². The number of amides is 4. The number of hydrogen-bond acceptors (Lipinski definition) is 8. The molecule has 4 bridgehead atoms. The van der Waals surface area contributed by atoms with Gasteiger partial charge in [0.1, 0.15) is 17.9 Å². The number of carbonyl (C=O) groups is 4. The fourth-order valence-corrected chi connectivity index (χ4v) is 8.19. The lowest BCUT2D eigenvalue weighted by Gasteiger charge is -2.57. The number of imide groups is 2. The summed E-state index contributed by atoms with van der Waals surface area (Å²) in [7, 11) is 2.73. The summed E-state index contributed by atoms with van der Waals surface area (Å²) < 4.78 is 21.4. The maximum Gasteiger partial charge on any atom is 0.373 e. The number of urea groups is 1. The second-order valence-electron chi connectivity index (χ2n) is 12.7. The predicted molar refractivity (Wildman–Crippen MR) is 163 cm³/mol. The Labute approximate surface area is 260 Å². The number of ether oxygens (including phenoxy) is 3. The van der Waals surface area contributed by atoms with Gasteiger partial charge in [0.2, 0.25) is 5.76 Å². The molecule has 1 saturated heterocycles. The minimum atomic E-state index is -0.778. The Bertz CT molecular complexity index is 1680. The molecule has 0 radical (unpaired) electrons. The van der Waals surface area contributed by atoms with E-state index in [0.29, 0.717) is 28.5 Å². The first-order chi connectivity index (χ1) is 21.7. The molecule has 5 fully saturated rings. The van der Waals surface area contributed by atoms with E-state index in [1.54, 1.807) is 24.3 Å². The second-order valence-corrected chi connectivity index (χ2v) is 12.7. The maximum absolute atomic E-state index is 13.6. The van der Waals surface area contributed by atoms with Crippen LogP contribution in [-0.4, -0.2) is 38.0 Å². The second kappa shape index (κ2) is 11.3. The molecule has 4 aliphatic carbocycles. The molecule has 2 heterocycles. The number of furan rings is 1. The Morgan fingerprint density at radius 3 is 2.27 bits per heavy atom. The van der Waals surface area contributed by atoms with Crippen molar-refractivity contribution >= 4 is 35.6 Å². The zero-order chi connectivity index (χ0) is 31.3. The van der Waals surface area contributed by atoms with E-state index in [4.69, 9.17) is 13.9 Å². The Kier molecular flexibility index (Phi) is 7.22. The van der Waals surface area contributed by atoms with Gasteiger partial charge in [-0.1, -0.05) is 18.2 Å². The summed E-state index contributed by atoms with van der Waals surface area (Å²) in [6.45, 7) is 0.0212. The Hall–Kier alpha value is -4.86. The molecule has 10 nitrogen and oxygen atoms in total. The fraction of sp³-hybridized carbons (Fsp3) is 0.371. The van der Waals surface area contributed by atoms with Crippen molar-refractivity contribution in [3.05, 3.63) is 82.8 Å². The van der Waals surface area contributed by atoms with E-state index < -0.39 is 23.8 Å². The summed E-state index contributed by atoms with van der Waals surface area (Å²) >= 11 is 0. The van der Waals surface area contributed by atoms with Crippen LogP contribution in [0.25, 0.3) is 6.08 Å². The average molecular weight is 611 g/mol. The standard InChI is InChI=1S/C35H34N2O8/c1-42-30-15-20(3-9-28(30)44-19-26-8-10-29(45-26)33(40)43-2)14-27-31(38)36-34(41)37(32(27)39)25-6-4-24(5-7-25)35-16-21-11-22(17-35)13-23(12-21)18-35/h3-10,14-15,21-23H,11-13,16-19H2,1-2H3,(H,36,38,41). The van der Waals surface area contributed by atoms with E-state index in [-0.39, 0.29) is 23.4 Å². The average Bonchev–Trinajstić information content (AvgIpc) is 3.50. The van der Waals surface area contributed by atoms with Crippen LogP contribution in [0, 0.1) is 17.8 Å². The summed E-state index contributed by atoms with van der Waals surface area (Å²) in [5.74, 6) is 1.55. The van der Waals surface area contributed by atoms with Crippen molar-refractivity contribution < 1.29 is 37.8 Å². The number of hydrogen-bond donors (Lipinski definition) is 1. The van der Waals surface area contributed by atoms with Crippen molar-refractivity contribution in [2.24, 2.45) is 17.8 Å². The lowest BCUT2D eigenvalue weighted by Crippen LogP contribution is -2.54. The van der Waals surface area contributed by atoms with Gasteiger partial charge in [-0.2, -0.15) is 0 Å². The van der Waals surface area contributed by atoms with Crippen molar-refractivity contribution in [2.75, 3.05) is 19.1 Å². The van der Waals surface area contributed by atoms with Gasteiger partial charge in [-0.3, -0.25) is 14.9 Å². The number of methoxy groups -OCH3 is 2. The van der Waals surface area contributed by atoms with E-state index in [2.05, 4.69) is 22.2 Å². The fourth-order valence-electron chi connectivity index (χ4n) is 8.19. The zero-order valence-electron chi connectivity index (χ0n) is 25.2. The minimum absolute atomic E-state index is 0.0212. The zero-order valence-corrected chi connectivity index (χ0v) is 25.2. The van der Waals surface area contributed by atoms with Crippen LogP contribution in [0.3, 0.4) is 0 Å². The molecule has 1 aromatic heterocycles. The molecule has 8 rings (SSSR count). The predicted octanol–water partition coefficient (Wildman–Crippen LogP) is 5.79. The number of nitrogens with zero attached hydrogens (tertiary/aromatic N) is 1. The largest absolute Gasteiger partial charge is 0.493 e. The number of barbiturate groups is 1. The highest BCUT2D eigenvalue weighted by Gasteiger charge is 2.51. The molecule has 0 spiro atoms. The third kappa shape index (κ3) is 5.28. The lowest BCUT2D eigenvalue weighted by molar-refractivity contribution is -0.122. The van der Waals surface area contributed by atoms with Crippen LogP contribution in [0.5, 0.6) is 11.5 Å². The number of carbonyl (C=O) groups excluding carboxylic acids is 4. The molecular weight excluding hydrogens is 576 g/mol. The van der Waals surface area contributed by atoms with Gasteiger partial charge in [-0.25, -0.2) is 14.5 Å². The van der Waals surface area contributed by atoms with E-state index in [1.165, 1.54) is 70.5 Å². The minimum Gasteiger partial charge on any atom is -0.493 e. The molecule has 0 atom stereocenters. The number of anilines is 1. The van der Waals surface area contributed by atoms with Crippen LogP contribution >= 0.6 is 0 Å². The van der Waals surface area contributed by atoms with E-state index in [1.807, 2.05) is 12.1 Å². The molecule has 232 valence electrons. The molecule has 0 unspecified atom stereocenters. The van der Waals surface area contributed by atoms with Crippen LogP contribution in [-0.2, 0) is 26.3 Å². The van der Waals surface area contributed by atoms with Gasteiger partial charge < -0.3 is 18.6 Å². The first kappa shape index (κ1) is 28.9. The third-order valence-electron chi connectivity index (χ3n) is 9.79. The monoisotopic (exact) mass is 610 g/mol. The normalized spacial score (nSPS) is 26.3. The topological polar surface area (TPSA) is 124 Å². The quantitative estimate of drug-likeness (QED) is 0.193. The Balaban J connectivity index is 1.09. The van der Waals surface area contributed by atoms with Gasteiger partial charge in [-0.05, 0) is 115 Å². The van der Waals surface area contributed by atoms with Crippen molar-refractivity contribution in [1.29, 1.82) is 0 Å². The summed E-state index contributed by atoms with van der Waals surface area (Å²) in [5.41, 5.74) is 2.21. The molecular formula is C35H34N2O8. The smallest absolute Gasteiger partial charge is 0.373 e. The highest BCUT2D eigenvalue weighted by Crippen LogP contribution is 2.60. The number of esters is 1. The maximum atomic E-state index is 13.6. The van der Waals surface area contributed by atoms with E-state index >= 15 is 0 Å². The van der Waals surface area contributed by atoms with Crippen molar-refractivity contribution in [2.45, 2.75) is 50.5 Å². The summed E-state index contributed by atoms with van der Waals surface area (Å²) in [5, 5.41) is 2.30. The first-order valence-corrected chi connectivity index (χ1v) is 15.2. The van der Waals surface area contributed by atoms with Crippen LogP contribution in [0.1, 0.15) is 66.0 Å². The van der Waals surface area contributed by atoms with Crippen molar-refractivity contribution in [3.8, 4) is 11.5 Å². The van der Waals surface area contributed by atoms with E-state index in [0.717, 1.165) is 22.7 Å². The summed E-state index contributed by atoms with van der Waals surface area (Å²) in [4.78, 5) is 51.9. The van der Waals surface area contributed by atoms with E-state index in [9.17, 15) is 19.2 Å². The summed E-state index contributed by atoms with van der Waals surface area (Å²) in [6, 6.07) is 15.0. The van der Waals surface area contributed by atoms with Crippen LogP contribution in [0.2, 0.25) is 0 Å². The molecule has 5 aliphatic rings. The van der Waals surface area contributed by atoms with Gasteiger partial charge >= 0.3 is 12.0 Å². The molecule has 45 heavy (non-hydrogen) atoms. The lowest BCUT2D eigenvalue weighted by atomic mass is 9.48. The molecule has 1 aliphatic heterocycles. The Morgan fingerprint density at radius 1 is 0.933 bits per heavy atom. The van der Waals surface area contributed by atoms with Crippen LogP contribution < -0.4 is 19.7 Å². The highest BCUT2D eigenvalue weighted by molar-refractivity contribution is 6.39. The SMILES string of the molecule is COC(=O)c1ccc(COc2ccc(C=C3C(=O)NC(=O)N(c4ccc(C56CC7CC(CC(C7)C5)C6)cc4)C3=O)cc2OC)o1. The third-order valence-corrected chi connectivity index (χ3v) is 9.79. The molecule has 4 saturated carbocycles. The molecule has 3 aromatic rings. The van der Waals surface area contributed by atoms with Gasteiger partial charge in [0.15, 0.2) is 11.5 Å². The number of rotatable bonds is 8. The number of benzene rings is 2. The van der Waals surface area contributed by atoms with Crippen molar-refractivity contribution in [3.63, 3.8) is 0 Å². The van der Waals surface area contributed by atoms with Crippen molar-refractivity contribution in [1.82, 2.24) is 5.32 Å². The van der Waals surface area contributed by atoms with Gasteiger partial charge in [0, 0.05) is 0 Å². The highest BCUT2D eigenvalue weighted by atomic mass is 16.5. The summed E-state index contributed by atoms with van der Waals surface area (Å²) in [6.07, 6.45) is 9.14.